The number of nitro groups is 1. The largest absolute Gasteiger partial charge is 0.481 e. The molecule has 0 spiro atoms. The van der Waals surface area contributed by atoms with Crippen LogP contribution < -0.4 is 32.7 Å². The fraction of sp³-hybridized carbons (Fsp3) is 0.556. The third-order valence-electron chi connectivity index (χ3n) is 5.08. The first-order valence-electron chi connectivity index (χ1n) is 13.7. The van der Waals surface area contributed by atoms with Gasteiger partial charge < -0.3 is 42.6 Å². The number of anilines is 1. The van der Waals surface area contributed by atoms with E-state index in [4.69, 9.17) is 26.1 Å². The molecule has 17 nitrogen and oxygen atoms in total. The summed E-state index contributed by atoms with van der Waals surface area (Å²) in [7, 11) is 0. The van der Waals surface area contributed by atoms with Gasteiger partial charge in [0.1, 0.15) is 17.7 Å². The Balaban J connectivity index is 0.00000433. The van der Waals surface area contributed by atoms with E-state index in [-0.39, 0.29) is 36.2 Å². The van der Waals surface area contributed by atoms with E-state index >= 15 is 0 Å². The lowest BCUT2D eigenvalue weighted by Gasteiger charge is -2.24. The predicted molar refractivity (Wildman–Crippen MR) is 162 cm³/mol. The summed E-state index contributed by atoms with van der Waals surface area (Å²) in [6.07, 6.45) is 0.0454. The molecule has 0 fully saturated rings. The highest BCUT2D eigenvalue weighted by atomic mass is 16.6. The Bertz CT molecular complexity index is 1160. The molecule has 1 aromatic rings. The molecule has 0 aromatic heterocycles. The van der Waals surface area contributed by atoms with Crippen molar-refractivity contribution in [2.45, 2.75) is 78.5 Å². The number of non-ortho nitro benzene ring substituents is 1. The molecule has 0 unspecified atom stereocenters. The van der Waals surface area contributed by atoms with Gasteiger partial charge in [-0.25, -0.2) is 4.79 Å². The summed E-state index contributed by atoms with van der Waals surface area (Å²) in [5, 5.41) is 28.4. The highest BCUT2D eigenvalue weighted by Crippen LogP contribution is 2.16. The molecule has 0 bridgehead atoms. The summed E-state index contributed by atoms with van der Waals surface area (Å²) in [5.74, 6) is -2.72. The Morgan fingerprint density at radius 3 is 2.07 bits per heavy atom. The van der Waals surface area contributed by atoms with Crippen molar-refractivity contribution < 1.29 is 38.7 Å². The fourth-order valence-electron chi connectivity index (χ4n) is 3.36. The molecule has 246 valence electrons. The molecule has 4 amide bonds. The number of amides is 4. The number of carboxylic acids is 1. The Hall–Kier alpha value is -4.96. The Kier molecular flexibility index (Phi) is 17.1. The number of hydrogen-bond acceptors (Lipinski definition) is 9. The number of rotatable bonds is 14. The van der Waals surface area contributed by atoms with Crippen LogP contribution >= 0.6 is 0 Å². The van der Waals surface area contributed by atoms with Gasteiger partial charge in [-0.2, -0.15) is 0 Å². The smallest absolute Gasteiger partial charge is 0.408 e. The number of nitrogens with one attached hydrogen (secondary N) is 4. The second-order valence-corrected chi connectivity index (χ2v) is 10.9. The Morgan fingerprint density at radius 2 is 1.59 bits per heavy atom. The van der Waals surface area contributed by atoms with Gasteiger partial charge in [-0.1, -0.05) is 13.8 Å². The van der Waals surface area contributed by atoms with Crippen LogP contribution in [-0.4, -0.2) is 76.5 Å². The maximum Gasteiger partial charge on any atom is 0.408 e. The van der Waals surface area contributed by atoms with Crippen molar-refractivity contribution >= 4 is 47.1 Å². The third-order valence-corrected chi connectivity index (χ3v) is 5.08. The molecule has 1 aromatic carbocycles. The van der Waals surface area contributed by atoms with Crippen LogP contribution in [0.4, 0.5) is 16.2 Å². The molecular formula is C27H44N8O9. The number of nitro benzene ring substituents is 1. The van der Waals surface area contributed by atoms with Gasteiger partial charge in [-0.3, -0.25) is 34.3 Å². The maximum atomic E-state index is 12.9. The number of nitrogens with two attached hydrogens (primary N) is 2. The Morgan fingerprint density at radius 1 is 1.02 bits per heavy atom. The quantitative estimate of drug-likeness (QED) is 0.0508. The highest BCUT2D eigenvalue weighted by Gasteiger charge is 2.26. The predicted octanol–water partition coefficient (Wildman–Crippen LogP) is 1.22. The van der Waals surface area contributed by atoms with Gasteiger partial charge in [0.05, 0.1) is 11.5 Å². The second kappa shape index (κ2) is 19.3. The molecule has 0 radical (unpaired) electrons. The molecular weight excluding hydrogens is 580 g/mol. The average molecular weight is 625 g/mol. The molecule has 44 heavy (non-hydrogen) atoms. The number of guanidine groups is 1. The summed E-state index contributed by atoms with van der Waals surface area (Å²) in [5.41, 5.74) is 10.0. The van der Waals surface area contributed by atoms with Crippen LogP contribution in [0, 0.1) is 16.0 Å². The number of nitrogens with zero attached hydrogens (tertiary/aromatic N) is 2. The first-order valence-corrected chi connectivity index (χ1v) is 13.7. The van der Waals surface area contributed by atoms with Crippen molar-refractivity contribution in [3.63, 3.8) is 0 Å². The van der Waals surface area contributed by atoms with Crippen LogP contribution in [0.5, 0.6) is 0 Å². The average Bonchev–Trinajstić information content (AvgIpc) is 2.87. The van der Waals surface area contributed by atoms with Crippen LogP contribution in [0.3, 0.4) is 0 Å². The van der Waals surface area contributed by atoms with Gasteiger partial charge >= 0.3 is 6.09 Å². The normalized spacial score (nSPS) is 11.9. The maximum absolute atomic E-state index is 12.9. The molecule has 0 saturated carbocycles. The minimum atomic E-state index is -1.03. The lowest BCUT2D eigenvalue weighted by Crippen LogP contribution is -2.52. The zero-order valence-corrected chi connectivity index (χ0v) is 25.8. The van der Waals surface area contributed by atoms with Crippen LogP contribution in [0.2, 0.25) is 0 Å². The monoisotopic (exact) mass is 624 g/mol. The first-order chi connectivity index (χ1) is 20.3. The fourth-order valence-corrected chi connectivity index (χ4v) is 3.36. The lowest BCUT2D eigenvalue weighted by molar-refractivity contribution is -0.384. The number of benzene rings is 1. The van der Waals surface area contributed by atoms with Gasteiger partial charge in [0.25, 0.3) is 11.7 Å². The van der Waals surface area contributed by atoms with Crippen molar-refractivity contribution in [2.24, 2.45) is 22.4 Å². The Labute approximate surface area is 255 Å². The van der Waals surface area contributed by atoms with E-state index in [1.54, 1.807) is 20.8 Å². The summed E-state index contributed by atoms with van der Waals surface area (Å²) in [6.45, 7) is 9.67. The van der Waals surface area contributed by atoms with Gasteiger partial charge in [-0.05, 0) is 58.1 Å². The summed E-state index contributed by atoms with van der Waals surface area (Å²) < 4.78 is 5.22. The zero-order valence-electron chi connectivity index (χ0n) is 25.8. The van der Waals surface area contributed by atoms with Gasteiger partial charge in [0, 0.05) is 31.3 Å². The van der Waals surface area contributed by atoms with Crippen LogP contribution in [-0.2, 0) is 23.9 Å². The van der Waals surface area contributed by atoms with E-state index in [0.29, 0.717) is 12.8 Å². The summed E-state index contributed by atoms with van der Waals surface area (Å²) in [4.78, 5) is 73.7. The second-order valence-electron chi connectivity index (χ2n) is 10.9. The number of hydrogen-bond donors (Lipinski definition) is 7. The molecule has 0 aliphatic rings. The van der Waals surface area contributed by atoms with E-state index in [9.17, 15) is 29.3 Å². The van der Waals surface area contributed by atoms with Gasteiger partial charge in [0.2, 0.25) is 17.7 Å². The SMILES string of the molecule is CC(=O)O.CC(C)C[C@H](NC(=O)OC(C)(C)C)C(=O)NCC(=O)N[C@@H](CCCN=C(N)N)C(=O)Nc1ccc([N+](=O)[O-])cc1. The highest BCUT2D eigenvalue weighted by molar-refractivity contribution is 5.98. The number of ether oxygens (including phenoxy) is 1. The van der Waals surface area contributed by atoms with E-state index in [1.807, 2.05) is 13.8 Å². The molecule has 9 N–H and O–H groups in total. The number of carbonyl (C=O) groups is 5. The number of aliphatic carboxylic acids is 1. The first kappa shape index (κ1) is 39.0. The number of carboxylic acid groups (broad SMARTS) is 1. The summed E-state index contributed by atoms with van der Waals surface area (Å²) >= 11 is 0. The number of carbonyl (C=O) groups excluding carboxylic acids is 4. The van der Waals surface area contributed by atoms with E-state index in [1.165, 1.54) is 24.3 Å². The molecule has 1 rings (SSSR count). The van der Waals surface area contributed by atoms with Crippen molar-refractivity contribution in [2.75, 3.05) is 18.4 Å². The van der Waals surface area contributed by atoms with Crippen LogP contribution in [0.15, 0.2) is 29.3 Å². The number of aliphatic imine (C=N–C) groups is 1. The minimum Gasteiger partial charge on any atom is -0.481 e. The number of alkyl carbamates (subject to hydrolysis) is 1. The van der Waals surface area contributed by atoms with Crippen molar-refractivity contribution in [1.82, 2.24) is 16.0 Å². The molecule has 0 saturated heterocycles. The molecule has 0 heterocycles. The van der Waals surface area contributed by atoms with Crippen LogP contribution in [0.1, 0.15) is 60.8 Å². The van der Waals surface area contributed by atoms with E-state index < -0.39 is 58.9 Å². The van der Waals surface area contributed by atoms with E-state index in [0.717, 1.165) is 6.92 Å². The molecule has 2 atom stereocenters. The summed E-state index contributed by atoms with van der Waals surface area (Å²) in [6, 6.07) is 3.22. The van der Waals surface area contributed by atoms with Crippen LogP contribution in [0.25, 0.3) is 0 Å². The zero-order chi connectivity index (χ0) is 34.0. The van der Waals surface area contributed by atoms with Crippen molar-refractivity contribution in [1.29, 1.82) is 0 Å². The molecule has 17 heteroatoms. The van der Waals surface area contributed by atoms with Crippen molar-refractivity contribution in [3.05, 3.63) is 34.4 Å². The van der Waals surface area contributed by atoms with Gasteiger partial charge in [-0.15, -0.1) is 0 Å². The van der Waals surface area contributed by atoms with Crippen molar-refractivity contribution in [3.8, 4) is 0 Å². The molecule has 0 aliphatic carbocycles. The topological polar surface area (TPSA) is 270 Å². The van der Waals surface area contributed by atoms with Gasteiger partial charge in [0.15, 0.2) is 5.96 Å². The van der Waals surface area contributed by atoms with E-state index in [2.05, 4.69) is 26.3 Å². The lowest BCUT2D eigenvalue weighted by atomic mass is 10.0. The minimum absolute atomic E-state index is 0.0530. The third kappa shape index (κ3) is 19.2. The standard InChI is InChI=1S/C25H40N8O7.C2H4O2/c1-15(2)13-19(32-24(37)40-25(3,4)5)21(35)29-14-20(34)31-18(7-6-12-28-23(26)27)22(36)30-16-8-10-17(11-9-16)33(38)39;1-2(3)4/h8-11,15,18-19H,6-7,12-14H2,1-5H3,(H,29,35)(H,30,36)(H,31,34)(H,32,37)(H4,26,27,28);1H3,(H,3,4)/t18-,19-;/m0./s1. The molecule has 0 aliphatic heterocycles.